The molecular weight excluding hydrogens is 677 g/mol. The van der Waals surface area contributed by atoms with Crippen LogP contribution < -0.4 is 0 Å². The van der Waals surface area contributed by atoms with E-state index >= 15 is 0 Å². The third kappa shape index (κ3) is 6.19. The number of benzene rings is 7. The maximum absolute atomic E-state index is 6.35. The van der Waals surface area contributed by atoms with E-state index in [4.69, 9.17) is 34.3 Å². The number of para-hydroxylation sites is 1. The van der Waals surface area contributed by atoms with Gasteiger partial charge in [0.05, 0.1) is 0 Å². The summed E-state index contributed by atoms with van der Waals surface area (Å²) in [6.45, 7) is 0. The van der Waals surface area contributed by atoms with Gasteiger partial charge in [-0.05, 0) is 35.4 Å². The summed E-state index contributed by atoms with van der Waals surface area (Å²) in [6.07, 6.45) is 0. The summed E-state index contributed by atoms with van der Waals surface area (Å²) in [5, 5.41) is 2.14. The number of aromatic nitrogens is 6. The van der Waals surface area contributed by atoms with Crippen LogP contribution in [0, 0.1) is 0 Å². The van der Waals surface area contributed by atoms with Crippen LogP contribution in [0.1, 0.15) is 0 Å². The Hall–Kier alpha value is -7.64. The number of hydrogen-bond donors (Lipinski definition) is 0. The number of rotatable bonds is 7. The van der Waals surface area contributed by atoms with Crippen LogP contribution in [-0.4, -0.2) is 29.9 Å². The van der Waals surface area contributed by atoms with Crippen molar-refractivity contribution in [3.63, 3.8) is 0 Å². The van der Waals surface area contributed by atoms with Gasteiger partial charge < -0.3 is 4.42 Å². The van der Waals surface area contributed by atoms with Gasteiger partial charge in [-0.2, -0.15) is 0 Å². The minimum absolute atomic E-state index is 0.523. The van der Waals surface area contributed by atoms with Crippen LogP contribution >= 0.6 is 0 Å². The standard InChI is InChI=1S/C48H30N6O/c1-5-15-31(16-6-1)43-49-44(32-17-7-2-8-18-32)52-47(51-43)36-26-27-37(35-25-28-39-38-23-13-14-24-41(38)55-42(39)30-35)40(29-36)48-53-45(33-19-9-3-10-20-33)50-46(54-48)34-21-11-4-12-22-34/h1-30H. The van der Waals surface area contributed by atoms with Gasteiger partial charge in [-0.1, -0.05) is 158 Å². The molecule has 0 amide bonds. The topological polar surface area (TPSA) is 90.5 Å². The maximum Gasteiger partial charge on any atom is 0.164 e. The lowest BCUT2D eigenvalue weighted by atomic mass is 9.95. The van der Waals surface area contributed by atoms with Gasteiger partial charge in [0, 0.05) is 44.2 Å². The number of furan rings is 1. The Kier molecular flexibility index (Phi) is 8.00. The zero-order valence-corrected chi connectivity index (χ0v) is 29.4. The van der Waals surface area contributed by atoms with E-state index in [2.05, 4.69) is 42.5 Å². The lowest BCUT2D eigenvalue weighted by molar-refractivity contribution is 0.669. The molecular formula is C48H30N6O. The zero-order valence-electron chi connectivity index (χ0n) is 29.4. The third-order valence-corrected chi connectivity index (χ3v) is 9.61. The van der Waals surface area contributed by atoms with Crippen molar-refractivity contribution in [3.05, 3.63) is 182 Å². The van der Waals surface area contributed by atoms with Crippen LogP contribution in [0.5, 0.6) is 0 Å². The molecule has 0 aliphatic heterocycles. The molecule has 0 unspecified atom stereocenters. The second kappa shape index (κ2) is 13.7. The summed E-state index contributed by atoms with van der Waals surface area (Å²) < 4.78 is 6.35. The zero-order chi connectivity index (χ0) is 36.6. The second-order valence-electron chi connectivity index (χ2n) is 13.1. The molecule has 258 valence electrons. The van der Waals surface area contributed by atoms with E-state index in [0.717, 1.165) is 66.4 Å². The van der Waals surface area contributed by atoms with Crippen molar-refractivity contribution < 1.29 is 4.42 Å². The molecule has 0 spiro atoms. The minimum Gasteiger partial charge on any atom is -0.456 e. The Morgan fingerprint density at radius 1 is 0.255 bits per heavy atom. The SMILES string of the molecule is c1ccc(-c2nc(-c3ccccc3)nc(-c3ccc(-c4ccc5c(c4)oc4ccccc45)c(-c4nc(-c5ccccc5)nc(-c5ccccc5)n4)c3)n2)cc1. The molecule has 7 heteroatoms. The van der Waals surface area contributed by atoms with E-state index in [-0.39, 0.29) is 0 Å². The molecule has 55 heavy (non-hydrogen) atoms. The fraction of sp³-hybridized carbons (Fsp3) is 0. The molecule has 0 N–H and O–H groups in total. The normalized spacial score (nSPS) is 11.3. The van der Waals surface area contributed by atoms with Crippen molar-refractivity contribution in [2.45, 2.75) is 0 Å². The first-order chi connectivity index (χ1) is 27.2. The van der Waals surface area contributed by atoms with Crippen molar-refractivity contribution in [2.75, 3.05) is 0 Å². The third-order valence-electron chi connectivity index (χ3n) is 9.61. The predicted molar refractivity (Wildman–Crippen MR) is 219 cm³/mol. The summed E-state index contributed by atoms with van der Waals surface area (Å²) in [6, 6.07) is 60.7. The van der Waals surface area contributed by atoms with Gasteiger partial charge in [0.1, 0.15) is 11.2 Å². The van der Waals surface area contributed by atoms with Crippen LogP contribution in [0.3, 0.4) is 0 Å². The monoisotopic (exact) mass is 706 g/mol. The van der Waals surface area contributed by atoms with Gasteiger partial charge in [-0.3, -0.25) is 0 Å². The average Bonchev–Trinajstić information content (AvgIpc) is 3.65. The molecule has 10 rings (SSSR count). The van der Waals surface area contributed by atoms with Gasteiger partial charge in [-0.15, -0.1) is 0 Å². The molecule has 0 aliphatic carbocycles. The van der Waals surface area contributed by atoms with Crippen LogP contribution in [0.2, 0.25) is 0 Å². The van der Waals surface area contributed by atoms with Crippen molar-refractivity contribution in [1.82, 2.24) is 29.9 Å². The van der Waals surface area contributed by atoms with E-state index in [1.807, 2.05) is 140 Å². The molecule has 0 atom stereocenters. The van der Waals surface area contributed by atoms with Crippen LogP contribution in [-0.2, 0) is 0 Å². The summed E-state index contributed by atoms with van der Waals surface area (Å²) in [5.41, 5.74) is 8.71. The molecule has 3 heterocycles. The summed E-state index contributed by atoms with van der Waals surface area (Å²) in [7, 11) is 0. The molecule has 7 nitrogen and oxygen atoms in total. The van der Waals surface area contributed by atoms with Crippen LogP contribution in [0.4, 0.5) is 0 Å². The summed E-state index contributed by atoms with van der Waals surface area (Å²) >= 11 is 0. The van der Waals surface area contributed by atoms with Crippen molar-refractivity contribution in [2.24, 2.45) is 0 Å². The highest BCUT2D eigenvalue weighted by atomic mass is 16.3. The van der Waals surface area contributed by atoms with Crippen molar-refractivity contribution in [1.29, 1.82) is 0 Å². The van der Waals surface area contributed by atoms with E-state index < -0.39 is 0 Å². The van der Waals surface area contributed by atoms with Gasteiger partial charge >= 0.3 is 0 Å². The molecule has 7 aromatic carbocycles. The number of nitrogens with zero attached hydrogens (tertiary/aromatic N) is 6. The number of fused-ring (bicyclic) bond motifs is 3. The fourth-order valence-electron chi connectivity index (χ4n) is 6.88. The van der Waals surface area contributed by atoms with E-state index in [1.54, 1.807) is 0 Å². The van der Waals surface area contributed by atoms with E-state index in [0.29, 0.717) is 34.9 Å². The highest BCUT2D eigenvalue weighted by Gasteiger charge is 2.20. The first kappa shape index (κ1) is 32.0. The molecule has 0 saturated heterocycles. The first-order valence-corrected chi connectivity index (χ1v) is 18.0. The molecule has 0 fully saturated rings. The highest BCUT2D eigenvalue weighted by molar-refractivity contribution is 6.06. The highest BCUT2D eigenvalue weighted by Crippen LogP contribution is 2.38. The largest absolute Gasteiger partial charge is 0.456 e. The van der Waals surface area contributed by atoms with E-state index in [9.17, 15) is 0 Å². The molecule has 0 bridgehead atoms. The Labute approximate surface area is 316 Å². The van der Waals surface area contributed by atoms with E-state index in [1.165, 1.54) is 0 Å². The Morgan fingerprint density at radius 2 is 0.655 bits per heavy atom. The maximum atomic E-state index is 6.35. The van der Waals surface area contributed by atoms with Gasteiger partial charge in [0.2, 0.25) is 0 Å². The molecule has 3 aromatic heterocycles. The lowest BCUT2D eigenvalue weighted by Gasteiger charge is -2.14. The number of hydrogen-bond acceptors (Lipinski definition) is 7. The second-order valence-corrected chi connectivity index (χ2v) is 13.1. The van der Waals surface area contributed by atoms with Gasteiger partial charge in [-0.25, -0.2) is 29.9 Å². The quantitative estimate of drug-likeness (QED) is 0.163. The fourth-order valence-corrected chi connectivity index (χ4v) is 6.88. The first-order valence-electron chi connectivity index (χ1n) is 18.0. The summed E-state index contributed by atoms with van der Waals surface area (Å²) in [4.78, 5) is 30.3. The van der Waals surface area contributed by atoms with Gasteiger partial charge in [0.15, 0.2) is 34.9 Å². The predicted octanol–water partition coefficient (Wildman–Crippen LogP) is 11.6. The van der Waals surface area contributed by atoms with Gasteiger partial charge in [0.25, 0.3) is 0 Å². The molecule has 0 aliphatic rings. The Balaban J connectivity index is 1.22. The molecule has 0 radical (unpaired) electrons. The smallest absolute Gasteiger partial charge is 0.164 e. The van der Waals surface area contributed by atoms with Crippen molar-refractivity contribution in [3.8, 4) is 79.5 Å². The Bertz CT molecular complexity index is 2850. The summed E-state index contributed by atoms with van der Waals surface area (Å²) in [5.74, 6) is 3.38. The van der Waals surface area contributed by atoms with Crippen LogP contribution in [0.25, 0.3) is 101 Å². The minimum atomic E-state index is 0.523. The molecule has 10 aromatic rings. The van der Waals surface area contributed by atoms with Crippen molar-refractivity contribution >= 4 is 21.9 Å². The average molecular weight is 707 g/mol. The molecule has 0 saturated carbocycles. The lowest BCUT2D eigenvalue weighted by Crippen LogP contribution is -2.02. The Morgan fingerprint density at radius 3 is 1.16 bits per heavy atom. The van der Waals surface area contributed by atoms with Crippen LogP contribution in [0.15, 0.2) is 186 Å².